The van der Waals surface area contributed by atoms with Gasteiger partial charge in [0.1, 0.15) is 0 Å². The van der Waals surface area contributed by atoms with Gasteiger partial charge in [-0.15, -0.1) is 0 Å². The molecule has 2 aromatic heterocycles. The molecule has 0 aliphatic heterocycles. The second-order valence-electron chi connectivity index (χ2n) is 5.86. The van der Waals surface area contributed by atoms with Gasteiger partial charge >= 0.3 is 0 Å². The van der Waals surface area contributed by atoms with Crippen molar-refractivity contribution in [1.82, 2.24) is 9.97 Å². The molecule has 17 heavy (non-hydrogen) atoms. The van der Waals surface area contributed by atoms with Crippen LogP contribution in [0, 0.1) is 0 Å². The molecule has 90 valence electrons. The zero-order valence-electron chi connectivity index (χ0n) is 11.3. The summed E-state index contributed by atoms with van der Waals surface area (Å²) in [6, 6.07) is 4.15. The lowest BCUT2D eigenvalue weighted by atomic mass is 9.85. The molecule has 2 heterocycles. The molecular weight excluding hydrogens is 208 g/mol. The van der Waals surface area contributed by atoms with Crippen molar-refractivity contribution in [3.8, 4) is 0 Å². The van der Waals surface area contributed by atoms with E-state index in [-0.39, 0.29) is 5.41 Å². The van der Waals surface area contributed by atoms with Gasteiger partial charge in [0.25, 0.3) is 0 Å². The van der Waals surface area contributed by atoms with Crippen LogP contribution in [0.15, 0.2) is 24.5 Å². The number of aromatic nitrogens is 2. The molecule has 0 amide bonds. The normalized spacial score (nSPS) is 12.4. The van der Waals surface area contributed by atoms with Gasteiger partial charge in [0, 0.05) is 17.8 Å². The minimum absolute atomic E-state index is 0.101. The lowest BCUT2D eigenvalue weighted by molar-refractivity contribution is 0.592. The highest BCUT2D eigenvalue weighted by Crippen LogP contribution is 2.31. The van der Waals surface area contributed by atoms with E-state index in [1.165, 1.54) is 10.9 Å². The van der Waals surface area contributed by atoms with E-state index in [1.807, 2.05) is 18.5 Å². The third kappa shape index (κ3) is 2.17. The Labute approximate surface area is 103 Å². The molecule has 0 saturated carbocycles. The summed E-state index contributed by atoms with van der Waals surface area (Å²) in [5.74, 6) is 0.404. The van der Waals surface area contributed by atoms with E-state index >= 15 is 0 Å². The van der Waals surface area contributed by atoms with Crippen LogP contribution in [-0.4, -0.2) is 9.97 Å². The van der Waals surface area contributed by atoms with E-state index in [1.54, 1.807) is 0 Å². The second kappa shape index (κ2) is 4.10. The minimum Gasteiger partial charge on any atom is -0.258 e. The van der Waals surface area contributed by atoms with E-state index in [4.69, 9.17) is 0 Å². The van der Waals surface area contributed by atoms with Crippen molar-refractivity contribution >= 4 is 10.9 Å². The third-order valence-corrected chi connectivity index (χ3v) is 3.03. The molecule has 0 aromatic carbocycles. The topological polar surface area (TPSA) is 25.8 Å². The zero-order valence-corrected chi connectivity index (χ0v) is 11.3. The fourth-order valence-corrected chi connectivity index (χ4v) is 2.11. The van der Waals surface area contributed by atoms with Crippen molar-refractivity contribution in [2.45, 2.75) is 46.0 Å². The number of fused-ring (bicyclic) bond motifs is 1. The third-order valence-electron chi connectivity index (χ3n) is 3.03. The van der Waals surface area contributed by atoms with Crippen molar-refractivity contribution in [2.24, 2.45) is 0 Å². The van der Waals surface area contributed by atoms with Gasteiger partial charge in [-0.1, -0.05) is 40.7 Å². The molecule has 0 spiro atoms. The summed E-state index contributed by atoms with van der Waals surface area (Å²) in [7, 11) is 0. The quantitative estimate of drug-likeness (QED) is 0.736. The summed E-state index contributed by atoms with van der Waals surface area (Å²) < 4.78 is 0. The Bertz CT molecular complexity index is 536. The zero-order chi connectivity index (χ0) is 12.6. The highest BCUT2D eigenvalue weighted by Gasteiger charge is 2.19. The molecule has 0 aliphatic rings. The van der Waals surface area contributed by atoms with Gasteiger partial charge in [-0.2, -0.15) is 0 Å². The molecule has 0 aliphatic carbocycles. The number of rotatable bonds is 1. The van der Waals surface area contributed by atoms with E-state index in [0.717, 1.165) is 11.2 Å². The van der Waals surface area contributed by atoms with Gasteiger partial charge in [0.05, 0.1) is 11.2 Å². The van der Waals surface area contributed by atoms with Crippen molar-refractivity contribution in [3.05, 3.63) is 35.8 Å². The summed E-state index contributed by atoms with van der Waals surface area (Å²) in [4.78, 5) is 9.12. The largest absolute Gasteiger partial charge is 0.258 e. The fourth-order valence-electron chi connectivity index (χ4n) is 2.11. The number of nitrogens with zero attached hydrogens (tertiary/aromatic N) is 2. The predicted octanol–water partition coefficient (Wildman–Crippen LogP) is 4.05. The Hall–Kier alpha value is -1.44. The Kier molecular flexibility index (Phi) is 2.90. The molecule has 2 aromatic rings. The molecule has 0 radical (unpaired) electrons. The molecular formula is C15H20N2. The minimum atomic E-state index is 0.101. The maximum Gasteiger partial charge on any atom is 0.0922 e. The Morgan fingerprint density at radius 1 is 1.12 bits per heavy atom. The van der Waals surface area contributed by atoms with Gasteiger partial charge in [-0.3, -0.25) is 9.97 Å². The van der Waals surface area contributed by atoms with Crippen LogP contribution in [0.1, 0.15) is 51.8 Å². The van der Waals surface area contributed by atoms with Crippen LogP contribution in [0.4, 0.5) is 0 Å². The molecule has 2 nitrogen and oxygen atoms in total. The summed E-state index contributed by atoms with van der Waals surface area (Å²) >= 11 is 0. The number of hydrogen-bond acceptors (Lipinski definition) is 2. The Morgan fingerprint density at radius 3 is 2.41 bits per heavy atom. The molecule has 0 atom stereocenters. The van der Waals surface area contributed by atoms with Crippen LogP contribution in [0.25, 0.3) is 10.9 Å². The summed E-state index contributed by atoms with van der Waals surface area (Å²) in [5.41, 5.74) is 3.51. The monoisotopic (exact) mass is 228 g/mol. The summed E-state index contributed by atoms with van der Waals surface area (Å²) in [5, 5.41) is 1.23. The van der Waals surface area contributed by atoms with Crippen molar-refractivity contribution < 1.29 is 0 Å². The first-order chi connectivity index (χ1) is 7.91. The standard InChI is InChI=1S/C15H20N2/c1-10(2)13-14-11(7-6-8-16-14)12(9-17-13)15(3,4)5/h6-10H,1-5H3. The predicted molar refractivity (Wildman–Crippen MR) is 72.3 cm³/mol. The molecule has 0 fully saturated rings. The maximum atomic E-state index is 4.61. The lowest BCUT2D eigenvalue weighted by Crippen LogP contribution is -2.13. The van der Waals surface area contributed by atoms with E-state index < -0.39 is 0 Å². The second-order valence-corrected chi connectivity index (χ2v) is 5.86. The van der Waals surface area contributed by atoms with Crippen LogP contribution >= 0.6 is 0 Å². The molecule has 0 bridgehead atoms. The first-order valence-electron chi connectivity index (χ1n) is 6.15. The molecule has 0 N–H and O–H groups in total. The van der Waals surface area contributed by atoms with E-state index in [9.17, 15) is 0 Å². The van der Waals surface area contributed by atoms with Crippen LogP contribution in [0.3, 0.4) is 0 Å². The lowest BCUT2D eigenvalue weighted by Gasteiger charge is -2.22. The van der Waals surface area contributed by atoms with Crippen LogP contribution in [0.5, 0.6) is 0 Å². The van der Waals surface area contributed by atoms with Gasteiger partial charge in [-0.05, 0) is 23.0 Å². The summed E-state index contributed by atoms with van der Waals surface area (Å²) in [6.07, 6.45) is 3.86. The SMILES string of the molecule is CC(C)c1ncc(C(C)(C)C)c2cccnc12. The smallest absolute Gasteiger partial charge is 0.0922 e. The number of hydrogen-bond donors (Lipinski definition) is 0. The van der Waals surface area contributed by atoms with Crippen molar-refractivity contribution in [2.75, 3.05) is 0 Å². The van der Waals surface area contributed by atoms with Gasteiger partial charge in [0.2, 0.25) is 0 Å². The van der Waals surface area contributed by atoms with Crippen molar-refractivity contribution in [3.63, 3.8) is 0 Å². The van der Waals surface area contributed by atoms with Crippen LogP contribution < -0.4 is 0 Å². The maximum absolute atomic E-state index is 4.61. The van der Waals surface area contributed by atoms with Crippen LogP contribution in [-0.2, 0) is 5.41 Å². The van der Waals surface area contributed by atoms with Gasteiger partial charge in [0.15, 0.2) is 0 Å². The van der Waals surface area contributed by atoms with Gasteiger partial charge < -0.3 is 0 Å². The molecule has 0 unspecified atom stereocenters. The van der Waals surface area contributed by atoms with Crippen molar-refractivity contribution in [1.29, 1.82) is 0 Å². The highest BCUT2D eigenvalue weighted by molar-refractivity contribution is 5.84. The van der Waals surface area contributed by atoms with Gasteiger partial charge in [-0.25, -0.2) is 0 Å². The Balaban J connectivity index is 2.80. The first kappa shape index (κ1) is 12.0. The molecule has 2 heteroatoms. The number of pyridine rings is 2. The van der Waals surface area contributed by atoms with E-state index in [0.29, 0.717) is 5.92 Å². The average Bonchev–Trinajstić information content (AvgIpc) is 2.26. The van der Waals surface area contributed by atoms with Crippen LogP contribution in [0.2, 0.25) is 0 Å². The fraction of sp³-hybridized carbons (Fsp3) is 0.467. The molecule has 0 saturated heterocycles. The highest BCUT2D eigenvalue weighted by atomic mass is 14.8. The summed E-state index contributed by atoms with van der Waals surface area (Å²) in [6.45, 7) is 11.0. The first-order valence-corrected chi connectivity index (χ1v) is 6.15. The molecule has 2 rings (SSSR count). The Morgan fingerprint density at radius 2 is 1.82 bits per heavy atom. The van der Waals surface area contributed by atoms with E-state index in [2.05, 4.69) is 50.7 Å². The average molecular weight is 228 g/mol.